The Balaban J connectivity index is 1.81. The van der Waals surface area contributed by atoms with Crippen LogP contribution in [0.25, 0.3) is 0 Å². The predicted molar refractivity (Wildman–Crippen MR) is 69.3 cm³/mol. The van der Waals surface area contributed by atoms with Crippen molar-refractivity contribution in [3.8, 4) is 0 Å². The summed E-state index contributed by atoms with van der Waals surface area (Å²) in [6.45, 7) is 7.52. The Hall–Kier alpha value is 0.0500. The van der Waals surface area contributed by atoms with Crippen LogP contribution in [0, 0.1) is 0 Å². The second-order valence-electron chi connectivity index (χ2n) is 6.47. The van der Waals surface area contributed by atoms with Gasteiger partial charge in [-0.15, -0.1) is 11.6 Å². The van der Waals surface area contributed by atoms with E-state index in [0.29, 0.717) is 6.61 Å². The summed E-state index contributed by atoms with van der Waals surface area (Å²) in [5, 5.41) is 10.9. The van der Waals surface area contributed by atoms with E-state index in [0.717, 1.165) is 0 Å². The maximum absolute atomic E-state index is 10.9. The molecule has 0 aromatic carbocycles. The SMILES string of the molecule is CC1(C)OC[C@H]([C@H]2O[C@@H]3OC(C)(C)O[C@@H]3[C@@]2(O)CCl)O1. The third kappa shape index (κ3) is 2.27. The van der Waals surface area contributed by atoms with Gasteiger partial charge < -0.3 is 28.8 Å². The topological polar surface area (TPSA) is 66.4 Å². The number of alkyl halides is 1. The first-order chi connectivity index (χ1) is 9.17. The minimum atomic E-state index is -1.37. The highest BCUT2D eigenvalue weighted by Gasteiger charge is 2.65. The highest BCUT2D eigenvalue weighted by molar-refractivity contribution is 6.18. The van der Waals surface area contributed by atoms with Gasteiger partial charge in [0.1, 0.15) is 23.9 Å². The van der Waals surface area contributed by atoms with Crippen molar-refractivity contribution in [1.29, 1.82) is 0 Å². The summed E-state index contributed by atoms with van der Waals surface area (Å²) in [7, 11) is 0. The van der Waals surface area contributed by atoms with Crippen molar-refractivity contribution in [2.75, 3.05) is 12.5 Å². The maximum atomic E-state index is 10.9. The van der Waals surface area contributed by atoms with E-state index >= 15 is 0 Å². The largest absolute Gasteiger partial charge is 0.383 e. The molecule has 7 heteroatoms. The highest BCUT2D eigenvalue weighted by atomic mass is 35.5. The van der Waals surface area contributed by atoms with Gasteiger partial charge in [0.05, 0.1) is 12.5 Å². The van der Waals surface area contributed by atoms with Gasteiger partial charge in [0.2, 0.25) is 0 Å². The Kier molecular flexibility index (Phi) is 3.38. The molecule has 0 aliphatic carbocycles. The summed E-state index contributed by atoms with van der Waals surface area (Å²) >= 11 is 5.99. The van der Waals surface area contributed by atoms with Crippen molar-refractivity contribution in [3.63, 3.8) is 0 Å². The number of hydrogen-bond acceptors (Lipinski definition) is 6. The molecule has 3 aliphatic heterocycles. The standard InChI is InChI=1S/C13H21ClO6/c1-11(2)16-5-7(18-11)8-13(15,6-14)9-10(17-8)20-12(3,4)19-9/h7-10,15H,5-6H2,1-4H3/t7-,8-,9+,10-,13-/m1/s1. The first kappa shape index (κ1) is 15.0. The molecule has 0 saturated carbocycles. The summed E-state index contributed by atoms with van der Waals surface area (Å²) in [5.41, 5.74) is -1.37. The zero-order valence-corrected chi connectivity index (χ0v) is 12.8. The van der Waals surface area contributed by atoms with Gasteiger partial charge in [-0.3, -0.25) is 0 Å². The van der Waals surface area contributed by atoms with Gasteiger partial charge in [-0.2, -0.15) is 0 Å². The highest BCUT2D eigenvalue weighted by Crippen LogP contribution is 2.46. The average Bonchev–Trinajstić information content (AvgIpc) is 2.91. The van der Waals surface area contributed by atoms with E-state index < -0.39 is 41.8 Å². The fraction of sp³-hybridized carbons (Fsp3) is 1.00. The smallest absolute Gasteiger partial charge is 0.190 e. The lowest BCUT2D eigenvalue weighted by atomic mass is 9.91. The molecule has 0 aromatic heterocycles. The van der Waals surface area contributed by atoms with Crippen LogP contribution < -0.4 is 0 Å². The van der Waals surface area contributed by atoms with Gasteiger partial charge in [-0.05, 0) is 27.7 Å². The minimum Gasteiger partial charge on any atom is -0.383 e. The van der Waals surface area contributed by atoms with Gasteiger partial charge in [-0.1, -0.05) is 0 Å². The van der Waals surface area contributed by atoms with Gasteiger partial charge in [0.25, 0.3) is 0 Å². The van der Waals surface area contributed by atoms with Crippen LogP contribution in [-0.4, -0.2) is 59.4 Å². The van der Waals surface area contributed by atoms with Crippen molar-refractivity contribution < 1.29 is 28.8 Å². The van der Waals surface area contributed by atoms with Crippen LogP contribution in [-0.2, 0) is 23.7 Å². The van der Waals surface area contributed by atoms with E-state index in [2.05, 4.69) is 0 Å². The Labute approximate surface area is 123 Å². The monoisotopic (exact) mass is 308 g/mol. The molecule has 0 radical (unpaired) electrons. The van der Waals surface area contributed by atoms with Crippen molar-refractivity contribution in [2.45, 2.75) is 69.5 Å². The van der Waals surface area contributed by atoms with Crippen LogP contribution in [0.1, 0.15) is 27.7 Å². The second-order valence-corrected chi connectivity index (χ2v) is 6.74. The van der Waals surface area contributed by atoms with E-state index in [4.69, 9.17) is 35.3 Å². The summed E-state index contributed by atoms with van der Waals surface area (Å²) in [6.07, 6.45) is -2.33. The molecule has 0 amide bonds. The normalized spacial score (nSPS) is 49.5. The quantitative estimate of drug-likeness (QED) is 0.767. The molecule has 1 N–H and O–H groups in total. The third-order valence-electron chi connectivity index (χ3n) is 3.91. The van der Waals surface area contributed by atoms with Gasteiger partial charge in [0.15, 0.2) is 17.9 Å². The molecule has 0 unspecified atom stereocenters. The molecule has 0 spiro atoms. The van der Waals surface area contributed by atoms with E-state index in [1.54, 1.807) is 13.8 Å². The zero-order valence-electron chi connectivity index (χ0n) is 12.1. The van der Waals surface area contributed by atoms with Crippen molar-refractivity contribution >= 4 is 11.6 Å². The Morgan fingerprint density at radius 1 is 1.05 bits per heavy atom. The first-order valence-electron chi connectivity index (χ1n) is 6.78. The molecule has 6 nitrogen and oxygen atoms in total. The number of aliphatic hydroxyl groups is 1. The van der Waals surface area contributed by atoms with Crippen LogP contribution in [0.2, 0.25) is 0 Å². The van der Waals surface area contributed by atoms with E-state index in [1.807, 2.05) is 13.8 Å². The Morgan fingerprint density at radius 2 is 1.75 bits per heavy atom. The molecule has 0 bridgehead atoms. The van der Waals surface area contributed by atoms with Crippen LogP contribution >= 0.6 is 11.6 Å². The summed E-state index contributed by atoms with van der Waals surface area (Å²) in [6, 6.07) is 0. The Morgan fingerprint density at radius 3 is 2.30 bits per heavy atom. The summed E-state index contributed by atoms with van der Waals surface area (Å²) in [5.74, 6) is -1.52. The molecule has 116 valence electrons. The van der Waals surface area contributed by atoms with Crippen LogP contribution in [0.4, 0.5) is 0 Å². The Bertz CT molecular complexity index is 400. The average molecular weight is 309 g/mol. The first-order valence-corrected chi connectivity index (χ1v) is 7.31. The fourth-order valence-electron chi connectivity index (χ4n) is 3.02. The van der Waals surface area contributed by atoms with Crippen molar-refractivity contribution in [2.24, 2.45) is 0 Å². The molecule has 5 atom stereocenters. The molecular weight excluding hydrogens is 288 g/mol. The molecule has 0 aromatic rings. The molecule has 3 heterocycles. The third-order valence-corrected chi connectivity index (χ3v) is 4.33. The van der Waals surface area contributed by atoms with Crippen LogP contribution in [0.5, 0.6) is 0 Å². The number of ether oxygens (including phenoxy) is 5. The van der Waals surface area contributed by atoms with Crippen molar-refractivity contribution in [3.05, 3.63) is 0 Å². The van der Waals surface area contributed by atoms with Crippen molar-refractivity contribution in [1.82, 2.24) is 0 Å². The molecule has 20 heavy (non-hydrogen) atoms. The van der Waals surface area contributed by atoms with E-state index in [-0.39, 0.29) is 5.88 Å². The van der Waals surface area contributed by atoms with E-state index in [1.165, 1.54) is 0 Å². The molecule has 3 rings (SSSR count). The molecular formula is C13H21ClO6. The fourth-order valence-corrected chi connectivity index (χ4v) is 3.32. The molecule has 3 fully saturated rings. The number of fused-ring (bicyclic) bond motifs is 1. The van der Waals surface area contributed by atoms with Crippen LogP contribution in [0.3, 0.4) is 0 Å². The predicted octanol–water partition coefficient (Wildman–Crippen LogP) is 0.984. The van der Waals surface area contributed by atoms with Gasteiger partial charge in [-0.25, -0.2) is 0 Å². The lowest BCUT2D eigenvalue weighted by Crippen LogP contribution is -2.55. The van der Waals surface area contributed by atoms with Crippen LogP contribution in [0.15, 0.2) is 0 Å². The number of halogens is 1. The van der Waals surface area contributed by atoms with Gasteiger partial charge >= 0.3 is 0 Å². The molecule has 3 saturated heterocycles. The van der Waals surface area contributed by atoms with Gasteiger partial charge in [0, 0.05) is 0 Å². The molecule has 3 aliphatic rings. The zero-order chi connectivity index (χ0) is 14.8. The number of rotatable bonds is 2. The minimum absolute atomic E-state index is 0.0292. The van der Waals surface area contributed by atoms with E-state index in [9.17, 15) is 5.11 Å². The maximum Gasteiger partial charge on any atom is 0.190 e. The lowest BCUT2D eigenvalue weighted by Gasteiger charge is -2.34. The summed E-state index contributed by atoms with van der Waals surface area (Å²) < 4.78 is 28.5. The number of hydrogen-bond donors (Lipinski definition) is 1. The summed E-state index contributed by atoms with van der Waals surface area (Å²) in [4.78, 5) is 0. The lowest BCUT2D eigenvalue weighted by molar-refractivity contribution is -0.244. The second kappa shape index (κ2) is 4.52.